The number of ether oxygens (including phenoxy) is 1. The van der Waals surface area contributed by atoms with Gasteiger partial charge in [0.2, 0.25) is 0 Å². The summed E-state index contributed by atoms with van der Waals surface area (Å²) in [6.07, 6.45) is -2.23. The average Bonchev–Trinajstić information content (AvgIpc) is 3.43. The zero-order valence-corrected chi connectivity index (χ0v) is 20.5. The number of halogens is 3. The lowest BCUT2D eigenvalue weighted by Crippen LogP contribution is -2.55. The lowest BCUT2D eigenvalue weighted by Gasteiger charge is -2.38. The molecule has 2 atom stereocenters. The highest BCUT2D eigenvalue weighted by Crippen LogP contribution is 2.30. The number of thiazole rings is 1. The number of imidazole rings is 1. The number of H-pyrrole nitrogens is 1. The number of carbonyl (C=O) groups excluding carboxylic acids is 2. The Kier molecular flexibility index (Phi) is 8.97. The fourth-order valence-electron chi connectivity index (χ4n) is 3.60. The molecule has 1 aliphatic heterocycles. The number of carboxylic acids is 1. The first kappa shape index (κ1) is 26.8. The number of amides is 2. The molecule has 0 aliphatic carbocycles. The quantitative estimate of drug-likeness (QED) is 0.362. The lowest BCUT2D eigenvalue weighted by atomic mass is 10.0. The van der Waals surface area contributed by atoms with Crippen molar-refractivity contribution < 1.29 is 33.0 Å². The molecule has 0 bridgehead atoms. The van der Waals surface area contributed by atoms with E-state index >= 15 is 0 Å². The number of carboxylic acid groups (broad SMARTS) is 1. The minimum atomic E-state index is -2.78. The summed E-state index contributed by atoms with van der Waals surface area (Å²) in [5, 5.41) is 14.8. The second-order valence-electron chi connectivity index (χ2n) is 7.60. The standard InChI is InChI=1S/C20H25ClF2N6O5S/c1-3-9-15(21)28-16(25-9)18(31)26-10-5-6-29(8-11(10)34-4-2)20-27-13(14(35-20)19(32)33)17(30)24-7-12(22)23/h10-12H,3-8H2,1-2H3,(H,24,30)(H,25,28)(H,26,31)(H,32,33). The van der Waals surface area contributed by atoms with Gasteiger partial charge in [0.05, 0.1) is 24.4 Å². The van der Waals surface area contributed by atoms with Crippen LogP contribution in [0, 0.1) is 0 Å². The highest BCUT2D eigenvalue weighted by Gasteiger charge is 2.34. The molecule has 2 amide bonds. The van der Waals surface area contributed by atoms with Gasteiger partial charge in [-0.15, -0.1) is 0 Å². The van der Waals surface area contributed by atoms with Crippen molar-refractivity contribution >= 4 is 45.9 Å². The maximum atomic E-state index is 12.7. The molecule has 1 saturated heterocycles. The van der Waals surface area contributed by atoms with Gasteiger partial charge in [0, 0.05) is 19.7 Å². The minimum absolute atomic E-state index is 0.0926. The van der Waals surface area contributed by atoms with E-state index in [1.807, 2.05) is 12.2 Å². The van der Waals surface area contributed by atoms with E-state index in [1.165, 1.54) is 0 Å². The molecule has 0 saturated carbocycles. The topological polar surface area (TPSA) is 150 Å². The SMILES string of the molecule is CCOC1CN(c2nc(C(=O)NCC(F)F)c(C(=O)O)s2)CCC1NC(=O)c1nc(Cl)c(CC)[nH]1. The number of alkyl halides is 2. The molecule has 1 aliphatic rings. The Hall–Kier alpha value is -2.84. The Morgan fingerprint density at radius 3 is 2.66 bits per heavy atom. The van der Waals surface area contributed by atoms with Crippen molar-refractivity contribution in [3.05, 3.63) is 27.2 Å². The van der Waals surface area contributed by atoms with Gasteiger partial charge in [-0.2, -0.15) is 0 Å². The summed E-state index contributed by atoms with van der Waals surface area (Å²) in [5.41, 5.74) is 0.224. The molecule has 3 rings (SSSR count). The van der Waals surface area contributed by atoms with Crippen LogP contribution in [0.3, 0.4) is 0 Å². The van der Waals surface area contributed by atoms with E-state index in [0.29, 0.717) is 31.7 Å². The summed E-state index contributed by atoms with van der Waals surface area (Å²) in [6.45, 7) is 3.75. The summed E-state index contributed by atoms with van der Waals surface area (Å²) in [7, 11) is 0. The first-order valence-electron chi connectivity index (χ1n) is 10.9. The number of hydrogen-bond acceptors (Lipinski definition) is 8. The van der Waals surface area contributed by atoms with Gasteiger partial charge in [-0.05, 0) is 19.8 Å². The molecule has 2 aromatic rings. The fourth-order valence-corrected chi connectivity index (χ4v) is 4.80. The van der Waals surface area contributed by atoms with Crippen LogP contribution in [0.1, 0.15) is 56.7 Å². The molecule has 3 heterocycles. The molecule has 192 valence electrons. The van der Waals surface area contributed by atoms with Crippen molar-refractivity contribution in [3.8, 4) is 0 Å². The molecule has 2 aromatic heterocycles. The zero-order valence-electron chi connectivity index (χ0n) is 18.9. The summed E-state index contributed by atoms with van der Waals surface area (Å²) < 4.78 is 30.7. The third-order valence-corrected chi connectivity index (χ3v) is 6.68. The van der Waals surface area contributed by atoms with Crippen molar-refractivity contribution in [2.45, 2.75) is 45.3 Å². The van der Waals surface area contributed by atoms with E-state index < -0.39 is 42.6 Å². The van der Waals surface area contributed by atoms with Crippen molar-refractivity contribution in [2.24, 2.45) is 0 Å². The van der Waals surface area contributed by atoms with Crippen LogP contribution < -0.4 is 15.5 Å². The van der Waals surface area contributed by atoms with Gasteiger partial charge in [0.1, 0.15) is 4.88 Å². The number of aromatic amines is 1. The van der Waals surface area contributed by atoms with Gasteiger partial charge in [-0.25, -0.2) is 23.5 Å². The highest BCUT2D eigenvalue weighted by molar-refractivity contribution is 7.17. The molecule has 15 heteroatoms. The number of aromatic nitrogens is 3. The van der Waals surface area contributed by atoms with Crippen molar-refractivity contribution in [1.82, 2.24) is 25.6 Å². The van der Waals surface area contributed by atoms with Crippen molar-refractivity contribution in [3.63, 3.8) is 0 Å². The second-order valence-corrected chi connectivity index (χ2v) is 8.93. The number of aromatic carboxylic acids is 1. The van der Waals surface area contributed by atoms with E-state index in [1.54, 1.807) is 11.8 Å². The van der Waals surface area contributed by atoms with Gasteiger partial charge in [0.25, 0.3) is 18.2 Å². The van der Waals surface area contributed by atoms with Crippen LogP contribution in [0.15, 0.2) is 0 Å². The monoisotopic (exact) mass is 534 g/mol. The predicted molar refractivity (Wildman–Crippen MR) is 124 cm³/mol. The Morgan fingerprint density at radius 1 is 1.31 bits per heavy atom. The van der Waals surface area contributed by atoms with Crippen molar-refractivity contribution in [2.75, 3.05) is 31.1 Å². The van der Waals surface area contributed by atoms with E-state index in [2.05, 4.69) is 20.3 Å². The molecule has 1 fully saturated rings. The molecular weight excluding hydrogens is 510 g/mol. The summed E-state index contributed by atoms with van der Waals surface area (Å²) in [6, 6.07) is -0.375. The third kappa shape index (κ3) is 6.44. The van der Waals surface area contributed by atoms with Crippen LogP contribution in [0.2, 0.25) is 5.15 Å². The zero-order chi connectivity index (χ0) is 25.7. The molecule has 2 unspecified atom stereocenters. The van der Waals surface area contributed by atoms with Crippen LogP contribution in [0.4, 0.5) is 13.9 Å². The number of rotatable bonds is 10. The van der Waals surface area contributed by atoms with Crippen LogP contribution in [0.5, 0.6) is 0 Å². The lowest BCUT2D eigenvalue weighted by molar-refractivity contribution is 0.0271. The number of nitrogens with zero attached hydrogens (tertiary/aromatic N) is 3. The minimum Gasteiger partial charge on any atom is -0.477 e. The van der Waals surface area contributed by atoms with Gasteiger partial charge in [0.15, 0.2) is 21.8 Å². The number of nitrogens with one attached hydrogen (secondary N) is 3. The first-order valence-corrected chi connectivity index (χ1v) is 12.1. The predicted octanol–water partition coefficient (Wildman–Crippen LogP) is 2.19. The average molecular weight is 535 g/mol. The Bertz CT molecular complexity index is 1080. The number of carbonyl (C=O) groups is 3. The van der Waals surface area contributed by atoms with Crippen LogP contribution >= 0.6 is 22.9 Å². The molecule has 0 spiro atoms. The number of aryl methyl sites for hydroxylation is 1. The summed E-state index contributed by atoms with van der Waals surface area (Å²) in [5.74, 6) is -2.72. The van der Waals surface area contributed by atoms with Crippen molar-refractivity contribution in [1.29, 1.82) is 0 Å². The highest BCUT2D eigenvalue weighted by atomic mass is 35.5. The Labute approximate surface area is 208 Å². The maximum absolute atomic E-state index is 12.7. The van der Waals surface area contributed by atoms with Crippen LogP contribution in [-0.4, -0.2) is 82.7 Å². The van der Waals surface area contributed by atoms with E-state index in [-0.39, 0.29) is 33.6 Å². The van der Waals surface area contributed by atoms with Crippen LogP contribution in [-0.2, 0) is 11.2 Å². The van der Waals surface area contributed by atoms with E-state index in [9.17, 15) is 28.3 Å². The molecule has 4 N–H and O–H groups in total. The number of hydrogen-bond donors (Lipinski definition) is 4. The Balaban J connectivity index is 1.74. The van der Waals surface area contributed by atoms with E-state index in [0.717, 1.165) is 11.3 Å². The van der Waals surface area contributed by atoms with E-state index in [4.69, 9.17) is 16.3 Å². The van der Waals surface area contributed by atoms with Gasteiger partial charge in [-0.1, -0.05) is 29.9 Å². The largest absolute Gasteiger partial charge is 0.477 e. The maximum Gasteiger partial charge on any atom is 0.348 e. The summed E-state index contributed by atoms with van der Waals surface area (Å²) in [4.78, 5) is 49.0. The van der Waals surface area contributed by atoms with Gasteiger partial charge >= 0.3 is 5.97 Å². The normalized spacial score (nSPS) is 18.1. The smallest absolute Gasteiger partial charge is 0.348 e. The van der Waals surface area contributed by atoms with Gasteiger partial charge < -0.3 is 30.4 Å². The molecule has 35 heavy (non-hydrogen) atoms. The Morgan fingerprint density at radius 2 is 2.06 bits per heavy atom. The summed E-state index contributed by atoms with van der Waals surface area (Å²) >= 11 is 6.79. The molecule has 11 nitrogen and oxygen atoms in total. The molecule has 0 radical (unpaired) electrons. The molecule has 0 aromatic carbocycles. The first-order chi connectivity index (χ1) is 16.6. The second kappa shape index (κ2) is 11.7. The fraction of sp³-hybridized carbons (Fsp3) is 0.550. The molecular formula is C20H25ClF2N6O5S. The number of anilines is 1. The van der Waals surface area contributed by atoms with Crippen LogP contribution in [0.25, 0.3) is 0 Å². The van der Waals surface area contributed by atoms with Gasteiger partial charge in [-0.3, -0.25) is 9.59 Å². The number of piperidine rings is 1. The third-order valence-electron chi connectivity index (χ3n) is 5.27.